The first kappa shape index (κ1) is 21.0. The van der Waals surface area contributed by atoms with E-state index in [-0.39, 0.29) is 4.90 Å². The van der Waals surface area contributed by atoms with E-state index < -0.39 is 21.3 Å². The molecule has 148 valence electrons. The van der Waals surface area contributed by atoms with E-state index in [1.54, 1.807) is 12.1 Å². The Morgan fingerprint density at radius 1 is 0.931 bits per heavy atom. The van der Waals surface area contributed by atoms with Crippen LogP contribution in [0.2, 0.25) is 0 Å². The van der Waals surface area contributed by atoms with Gasteiger partial charge in [-0.2, -0.15) is 0 Å². The Morgan fingerprint density at radius 2 is 1.59 bits per heavy atom. The molecule has 0 bridgehead atoms. The molecule has 3 aromatic carbocycles. The lowest BCUT2D eigenvalue weighted by Crippen LogP contribution is -2.30. The zero-order valence-electron chi connectivity index (χ0n) is 15.5. The quantitative estimate of drug-likeness (QED) is 0.419. The van der Waals surface area contributed by atoms with Crippen molar-refractivity contribution in [2.75, 3.05) is 0 Å². The van der Waals surface area contributed by atoms with E-state index in [2.05, 4.69) is 4.72 Å². The Kier molecular flexibility index (Phi) is 6.99. The van der Waals surface area contributed by atoms with Gasteiger partial charge < -0.3 is 0 Å². The molecule has 4 nitrogen and oxygen atoms in total. The normalized spacial score (nSPS) is 12.7. The Balaban J connectivity index is 1.90. The lowest BCUT2D eigenvalue weighted by molar-refractivity contribution is -0.107. The zero-order chi connectivity index (χ0) is 20.7. The van der Waals surface area contributed by atoms with Crippen LogP contribution < -0.4 is 4.72 Å². The minimum absolute atomic E-state index is 0.121. The van der Waals surface area contributed by atoms with Crippen molar-refractivity contribution < 1.29 is 13.2 Å². The summed E-state index contributed by atoms with van der Waals surface area (Å²) in [5.74, 6) is 0. The van der Waals surface area contributed by atoms with Crippen LogP contribution in [0.15, 0.2) is 95.9 Å². The third kappa shape index (κ3) is 6.12. The van der Waals surface area contributed by atoms with E-state index >= 15 is 0 Å². The molecule has 0 radical (unpaired) electrons. The van der Waals surface area contributed by atoms with E-state index in [1.807, 2.05) is 60.7 Å². The van der Waals surface area contributed by atoms with Gasteiger partial charge in [-0.1, -0.05) is 78.9 Å². The predicted molar refractivity (Wildman–Crippen MR) is 116 cm³/mol. The molecule has 1 unspecified atom stereocenters. The highest BCUT2D eigenvalue weighted by Crippen LogP contribution is 2.22. The Bertz CT molecular complexity index is 1100. The van der Waals surface area contributed by atoms with Crippen molar-refractivity contribution in [2.45, 2.75) is 17.4 Å². The largest absolute Gasteiger partial charge is 0.276 e. The van der Waals surface area contributed by atoms with Gasteiger partial charge in [0.2, 0.25) is 15.3 Å². The van der Waals surface area contributed by atoms with Crippen molar-refractivity contribution in [2.24, 2.45) is 0 Å². The number of halogens is 1. The first-order chi connectivity index (χ1) is 13.9. The highest BCUT2D eigenvalue weighted by molar-refractivity contribution is 7.89. The summed E-state index contributed by atoms with van der Waals surface area (Å²) < 4.78 is 29.0. The average molecular weight is 426 g/mol. The van der Waals surface area contributed by atoms with Crippen molar-refractivity contribution >= 4 is 32.9 Å². The highest BCUT2D eigenvalue weighted by atomic mass is 35.5. The number of benzene rings is 3. The van der Waals surface area contributed by atoms with E-state index in [1.165, 1.54) is 24.3 Å². The van der Waals surface area contributed by atoms with Crippen LogP contribution in [0, 0.1) is 0 Å². The second-order valence-corrected chi connectivity index (χ2v) is 8.57. The lowest BCUT2D eigenvalue weighted by atomic mass is 10.00. The maximum absolute atomic E-state index is 13.1. The van der Waals surface area contributed by atoms with Crippen LogP contribution in [0.3, 0.4) is 0 Å². The van der Waals surface area contributed by atoms with Gasteiger partial charge in [-0.3, -0.25) is 4.79 Å². The van der Waals surface area contributed by atoms with E-state index in [0.29, 0.717) is 12.0 Å². The van der Waals surface area contributed by atoms with Crippen LogP contribution in [0.1, 0.15) is 22.7 Å². The summed E-state index contributed by atoms with van der Waals surface area (Å²) in [6.45, 7) is 0. The fourth-order valence-corrected chi connectivity index (χ4v) is 4.31. The van der Waals surface area contributed by atoms with Gasteiger partial charge >= 0.3 is 0 Å². The highest BCUT2D eigenvalue weighted by Gasteiger charge is 2.22. The topological polar surface area (TPSA) is 63.2 Å². The summed E-state index contributed by atoms with van der Waals surface area (Å²) in [5, 5.41) is -0.622. The number of carbonyl (C=O) groups excluding carboxylic acids is 1. The monoisotopic (exact) mass is 425 g/mol. The van der Waals surface area contributed by atoms with Crippen LogP contribution in [0.25, 0.3) is 6.08 Å². The molecule has 0 aliphatic heterocycles. The van der Waals surface area contributed by atoms with Gasteiger partial charge in [-0.05, 0) is 52.9 Å². The van der Waals surface area contributed by atoms with Crippen molar-refractivity contribution in [3.05, 3.63) is 108 Å². The van der Waals surface area contributed by atoms with E-state index in [9.17, 15) is 13.2 Å². The number of sulfonamides is 1. The molecule has 0 heterocycles. The van der Waals surface area contributed by atoms with Crippen LogP contribution in [0.4, 0.5) is 0 Å². The molecule has 0 aliphatic rings. The maximum Gasteiger partial charge on any atom is 0.245 e. The summed E-state index contributed by atoms with van der Waals surface area (Å²) in [4.78, 5) is 11.0. The minimum Gasteiger partial charge on any atom is -0.276 e. The molecule has 0 fully saturated rings. The average Bonchev–Trinajstić information content (AvgIpc) is 2.73. The smallest absolute Gasteiger partial charge is 0.245 e. The van der Waals surface area contributed by atoms with Gasteiger partial charge in [0.1, 0.15) is 0 Å². The number of nitrogens with one attached hydrogen (secondary N) is 1. The van der Waals surface area contributed by atoms with Gasteiger partial charge in [0, 0.05) is 0 Å². The third-order valence-electron chi connectivity index (χ3n) is 4.36. The fraction of sp³-hybridized carbons (Fsp3) is 0.0870. The van der Waals surface area contributed by atoms with Gasteiger partial charge in [0.25, 0.3) is 0 Å². The molecule has 1 atom stereocenters. The van der Waals surface area contributed by atoms with Gasteiger partial charge in [0.15, 0.2) is 0 Å². The van der Waals surface area contributed by atoms with Crippen molar-refractivity contribution in [1.29, 1.82) is 0 Å². The van der Waals surface area contributed by atoms with Crippen molar-refractivity contribution in [1.82, 2.24) is 4.72 Å². The molecular weight excluding hydrogens is 406 g/mol. The predicted octanol–water partition coefficient (Wildman–Crippen LogP) is 4.73. The summed E-state index contributed by atoms with van der Waals surface area (Å²) >= 11 is 5.31. The first-order valence-electron chi connectivity index (χ1n) is 9.03. The first-order valence-corrected chi connectivity index (χ1v) is 10.9. The van der Waals surface area contributed by atoms with E-state index in [0.717, 1.165) is 11.1 Å². The summed E-state index contributed by atoms with van der Waals surface area (Å²) in [6, 6.07) is 25.1. The molecule has 0 saturated heterocycles. The lowest BCUT2D eigenvalue weighted by Gasteiger charge is -2.20. The second kappa shape index (κ2) is 9.65. The van der Waals surface area contributed by atoms with Crippen LogP contribution in [0.5, 0.6) is 0 Å². The molecular formula is C23H20ClNO3S. The number of hydrogen-bond acceptors (Lipinski definition) is 3. The van der Waals surface area contributed by atoms with Gasteiger partial charge in [0.05, 0.1) is 10.9 Å². The molecule has 1 N–H and O–H groups in total. The van der Waals surface area contributed by atoms with Crippen molar-refractivity contribution in [3.8, 4) is 0 Å². The molecule has 0 spiro atoms. The molecule has 0 saturated carbocycles. The number of carbonyl (C=O) groups is 1. The molecule has 0 aromatic heterocycles. The molecule has 0 aliphatic carbocycles. The van der Waals surface area contributed by atoms with Crippen LogP contribution >= 0.6 is 11.6 Å². The standard InChI is InChI=1S/C23H20ClNO3S/c24-23(26)15-14-19-10-7-13-21(16-19)29(27,28)25-22(20-11-5-2-6-12-20)17-18-8-3-1-4-9-18/h1-16,22,25H,17H2/b15-14+. The van der Waals surface area contributed by atoms with Crippen LogP contribution in [-0.4, -0.2) is 13.7 Å². The Hall–Kier alpha value is -2.73. The van der Waals surface area contributed by atoms with Crippen molar-refractivity contribution in [3.63, 3.8) is 0 Å². The molecule has 0 amide bonds. The molecule has 3 aromatic rings. The number of hydrogen-bond donors (Lipinski definition) is 1. The molecule has 29 heavy (non-hydrogen) atoms. The van der Waals surface area contributed by atoms with Crippen LogP contribution in [-0.2, 0) is 21.2 Å². The zero-order valence-corrected chi connectivity index (χ0v) is 17.1. The number of allylic oxidation sites excluding steroid dienone is 1. The summed E-state index contributed by atoms with van der Waals surface area (Å²) in [7, 11) is -3.79. The minimum atomic E-state index is -3.79. The number of rotatable bonds is 8. The molecule has 6 heteroatoms. The second-order valence-electron chi connectivity index (χ2n) is 6.48. The van der Waals surface area contributed by atoms with Gasteiger partial charge in [-0.15, -0.1) is 0 Å². The van der Waals surface area contributed by atoms with E-state index in [4.69, 9.17) is 11.6 Å². The molecule has 3 rings (SSSR count). The Morgan fingerprint density at radius 3 is 2.24 bits per heavy atom. The SMILES string of the molecule is O=C(Cl)/C=C/c1cccc(S(=O)(=O)NC(Cc2ccccc2)c2ccccc2)c1. The fourth-order valence-electron chi connectivity index (χ4n) is 2.97. The summed E-state index contributed by atoms with van der Waals surface area (Å²) in [5.41, 5.74) is 2.48. The third-order valence-corrected chi connectivity index (χ3v) is 5.95. The summed E-state index contributed by atoms with van der Waals surface area (Å²) in [6.07, 6.45) is 3.18. The maximum atomic E-state index is 13.1. The van der Waals surface area contributed by atoms with Gasteiger partial charge in [-0.25, -0.2) is 13.1 Å². The Labute approximate surface area is 175 Å².